The van der Waals surface area contributed by atoms with E-state index in [0.29, 0.717) is 17.3 Å². The second-order valence-electron chi connectivity index (χ2n) is 6.37. The van der Waals surface area contributed by atoms with Gasteiger partial charge >= 0.3 is 0 Å². The number of hydrogen-bond acceptors (Lipinski definition) is 4. The SMILES string of the molecule is COc1cc2c(cc1OC)CN(C(C)C(=O)Nc1ccc(Cl)cc1)CC2. The average molecular weight is 375 g/mol. The highest BCUT2D eigenvalue weighted by molar-refractivity contribution is 6.30. The van der Waals surface area contributed by atoms with Crippen molar-refractivity contribution in [1.82, 2.24) is 4.90 Å². The van der Waals surface area contributed by atoms with Crippen LogP contribution >= 0.6 is 11.6 Å². The van der Waals surface area contributed by atoms with Crippen LogP contribution < -0.4 is 14.8 Å². The first-order valence-corrected chi connectivity index (χ1v) is 8.94. The first-order chi connectivity index (χ1) is 12.5. The Labute approximate surface area is 158 Å². The molecular formula is C20H23ClN2O3. The fourth-order valence-corrected chi connectivity index (χ4v) is 3.31. The molecule has 2 aromatic rings. The highest BCUT2D eigenvalue weighted by Crippen LogP contribution is 2.33. The van der Waals surface area contributed by atoms with Crippen LogP contribution in [-0.4, -0.2) is 37.6 Å². The summed E-state index contributed by atoms with van der Waals surface area (Å²) in [5, 5.41) is 3.59. The fourth-order valence-electron chi connectivity index (χ4n) is 3.18. The van der Waals surface area contributed by atoms with Gasteiger partial charge in [-0.05, 0) is 60.9 Å². The lowest BCUT2D eigenvalue weighted by atomic mass is 9.97. The summed E-state index contributed by atoms with van der Waals surface area (Å²) in [5.74, 6) is 1.43. The molecule has 1 amide bonds. The predicted octanol–water partition coefficient (Wildman–Crippen LogP) is 3.74. The summed E-state index contributed by atoms with van der Waals surface area (Å²) in [6, 6.07) is 10.9. The van der Waals surface area contributed by atoms with E-state index in [0.717, 1.165) is 24.4 Å². The molecule has 0 fully saturated rings. The third-order valence-corrected chi connectivity index (χ3v) is 5.04. The van der Waals surface area contributed by atoms with Crippen LogP contribution in [0, 0.1) is 0 Å². The Morgan fingerprint density at radius 2 is 1.73 bits per heavy atom. The molecule has 0 radical (unpaired) electrons. The van der Waals surface area contributed by atoms with Crippen molar-refractivity contribution in [2.45, 2.75) is 25.9 Å². The van der Waals surface area contributed by atoms with Crippen LogP contribution in [0.1, 0.15) is 18.1 Å². The quantitative estimate of drug-likeness (QED) is 0.866. The number of nitrogens with one attached hydrogen (secondary N) is 1. The molecule has 2 aromatic carbocycles. The lowest BCUT2D eigenvalue weighted by molar-refractivity contribution is -0.121. The van der Waals surface area contributed by atoms with E-state index < -0.39 is 0 Å². The van der Waals surface area contributed by atoms with Crippen LogP contribution in [0.15, 0.2) is 36.4 Å². The number of benzene rings is 2. The Morgan fingerprint density at radius 1 is 1.12 bits per heavy atom. The first kappa shape index (κ1) is 18.5. The molecule has 1 N–H and O–H groups in total. The van der Waals surface area contributed by atoms with Gasteiger partial charge in [-0.1, -0.05) is 11.6 Å². The van der Waals surface area contributed by atoms with Crippen LogP contribution in [0.2, 0.25) is 5.02 Å². The minimum Gasteiger partial charge on any atom is -0.493 e. The van der Waals surface area contributed by atoms with Crippen LogP contribution in [0.3, 0.4) is 0 Å². The molecule has 5 nitrogen and oxygen atoms in total. The van der Waals surface area contributed by atoms with Crippen molar-refractivity contribution >= 4 is 23.2 Å². The van der Waals surface area contributed by atoms with Crippen LogP contribution in [-0.2, 0) is 17.8 Å². The van der Waals surface area contributed by atoms with E-state index in [1.807, 2.05) is 19.1 Å². The van der Waals surface area contributed by atoms with Gasteiger partial charge in [-0.15, -0.1) is 0 Å². The number of fused-ring (bicyclic) bond motifs is 1. The van der Waals surface area contributed by atoms with E-state index in [1.165, 1.54) is 11.1 Å². The van der Waals surface area contributed by atoms with Crippen LogP contribution in [0.25, 0.3) is 0 Å². The summed E-state index contributed by atoms with van der Waals surface area (Å²) >= 11 is 5.89. The molecule has 0 spiro atoms. The molecule has 0 saturated heterocycles. The standard InChI is InChI=1S/C20H23ClN2O3/c1-13(20(24)22-17-6-4-16(21)5-7-17)23-9-8-14-10-18(25-2)19(26-3)11-15(14)12-23/h4-7,10-11,13H,8-9,12H2,1-3H3,(H,22,24). The van der Waals surface area contributed by atoms with Crippen LogP contribution in [0.4, 0.5) is 5.69 Å². The normalized spacial score (nSPS) is 15.1. The molecule has 1 heterocycles. The van der Waals surface area contributed by atoms with Gasteiger partial charge in [0.2, 0.25) is 5.91 Å². The molecule has 0 saturated carbocycles. The minimum atomic E-state index is -0.244. The third kappa shape index (κ3) is 3.94. The van der Waals surface area contributed by atoms with Gasteiger partial charge in [-0.2, -0.15) is 0 Å². The van der Waals surface area contributed by atoms with E-state index in [2.05, 4.69) is 10.2 Å². The summed E-state index contributed by atoms with van der Waals surface area (Å²) < 4.78 is 10.8. The van der Waals surface area contributed by atoms with Gasteiger partial charge in [0, 0.05) is 23.8 Å². The van der Waals surface area contributed by atoms with Gasteiger partial charge in [-0.25, -0.2) is 0 Å². The molecule has 1 unspecified atom stereocenters. The molecule has 1 atom stereocenters. The zero-order valence-corrected chi connectivity index (χ0v) is 16.0. The van der Waals surface area contributed by atoms with Crippen molar-refractivity contribution in [1.29, 1.82) is 0 Å². The Balaban J connectivity index is 1.71. The molecule has 0 aliphatic carbocycles. The Hall–Kier alpha value is -2.24. The monoisotopic (exact) mass is 374 g/mol. The Bertz CT molecular complexity index is 792. The lowest BCUT2D eigenvalue weighted by Gasteiger charge is -2.33. The van der Waals surface area contributed by atoms with Crippen molar-refractivity contribution in [2.24, 2.45) is 0 Å². The van der Waals surface area contributed by atoms with E-state index in [4.69, 9.17) is 21.1 Å². The molecular weight excluding hydrogens is 352 g/mol. The van der Waals surface area contributed by atoms with Gasteiger partial charge < -0.3 is 14.8 Å². The zero-order chi connectivity index (χ0) is 18.7. The molecule has 3 rings (SSSR count). The van der Waals surface area contributed by atoms with Crippen LogP contribution in [0.5, 0.6) is 11.5 Å². The van der Waals surface area contributed by atoms with Gasteiger partial charge in [0.25, 0.3) is 0 Å². The van der Waals surface area contributed by atoms with E-state index in [1.54, 1.807) is 38.5 Å². The number of rotatable bonds is 5. The second-order valence-corrected chi connectivity index (χ2v) is 6.80. The molecule has 26 heavy (non-hydrogen) atoms. The number of ether oxygens (including phenoxy) is 2. The number of carbonyl (C=O) groups is 1. The fraction of sp³-hybridized carbons (Fsp3) is 0.350. The number of carbonyl (C=O) groups excluding carboxylic acids is 1. The van der Waals surface area contributed by atoms with Crippen molar-refractivity contribution < 1.29 is 14.3 Å². The molecule has 0 aromatic heterocycles. The molecule has 6 heteroatoms. The topological polar surface area (TPSA) is 50.8 Å². The van der Waals surface area contributed by atoms with Crippen molar-refractivity contribution in [3.63, 3.8) is 0 Å². The number of anilines is 1. The first-order valence-electron chi connectivity index (χ1n) is 8.56. The highest BCUT2D eigenvalue weighted by atomic mass is 35.5. The minimum absolute atomic E-state index is 0.0313. The summed E-state index contributed by atoms with van der Waals surface area (Å²) in [4.78, 5) is 14.8. The number of amides is 1. The largest absolute Gasteiger partial charge is 0.493 e. The van der Waals surface area contributed by atoms with E-state index in [-0.39, 0.29) is 11.9 Å². The number of methoxy groups -OCH3 is 2. The maximum absolute atomic E-state index is 12.6. The van der Waals surface area contributed by atoms with Crippen molar-refractivity contribution in [3.05, 3.63) is 52.5 Å². The molecule has 138 valence electrons. The zero-order valence-electron chi connectivity index (χ0n) is 15.2. The smallest absolute Gasteiger partial charge is 0.241 e. The number of halogens is 1. The molecule has 0 bridgehead atoms. The van der Waals surface area contributed by atoms with Gasteiger partial charge in [0.15, 0.2) is 11.5 Å². The highest BCUT2D eigenvalue weighted by Gasteiger charge is 2.26. The summed E-state index contributed by atoms with van der Waals surface area (Å²) in [7, 11) is 3.27. The average Bonchev–Trinajstić information content (AvgIpc) is 2.67. The second kappa shape index (κ2) is 7.98. The van der Waals surface area contributed by atoms with Crippen molar-refractivity contribution in [2.75, 3.05) is 26.1 Å². The van der Waals surface area contributed by atoms with E-state index >= 15 is 0 Å². The van der Waals surface area contributed by atoms with Gasteiger partial charge in [0.05, 0.1) is 20.3 Å². The molecule has 1 aliphatic rings. The van der Waals surface area contributed by atoms with E-state index in [9.17, 15) is 4.79 Å². The van der Waals surface area contributed by atoms with Crippen molar-refractivity contribution in [3.8, 4) is 11.5 Å². The summed E-state index contributed by atoms with van der Waals surface area (Å²) in [6.07, 6.45) is 0.869. The maximum Gasteiger partial charge on any atom is 0.241 e. The summed E-state index contributed by atoms with van der Waals surface area (Å²) in [5.41, 5.74) is 3.15. The molecule has 1 aliphatic heterocycles. The maximum atomic E-state index is 12.6. The summed E-state index contributed by atoms with van der Waals surface area (Å²) in [6.45, 7) is 3.44. The number of hydrogen-bond donors (Lipinski definition) is 1. The lowest BCUT2D eigenvalue weighted by Crippen LogP contribution is -2.44. The third-order valence-electron chi connectivity index (χ3n) is 4.79. The van der Waals surface area contributed by atoms with Gasteiger partial charge in [0.1, 0.15) is 0 Å². The predicted molar refractivity (Wildman–Crippen MR) is 103 cm³/mol. The van der Waals surface area contributed by atoms with Gasteiger partial charge in [-0.3, -0.25) is 9.69 Å². The number of nitrogens with zero attached hydrogens (tertiary/aromatic N) is 1. The Kier molecular flexibility index (Phi) is 5.69. The Morgan fingerprint density at radius 3 is 2.35 bits per heavy atom.